The number of nitrogens with one attached hydrogen (secondary N) is 1. The van der Waals surface area contributed by atoms with E-state index in [2.05, 4.69) is 32.2 Å². The SMILES string of the molecule is Cc1ccc(Cl)cc1NC(=O)CSc1nnc(C2CCCCC2)n1-c1ccccc1. The van der Waals surface area contributed by atoms with Gasteiger partial charge in [-0.05, 0) is 49.6 Å². The van der Waals surface area contributed by atoms with Gasteiger partial charge in [0.2, 0.25) is 5.91 Å². The van der Waals surface area contributed by atoms with Crippen LogP contribution in [0.4, 0.5) is 5.69 Å². The Bertz CT molecular complexity index is 1020. The van der Waals surface area contributed by atoms with Crippen molar-refractivity contribution < 1.29 is 4.79 Å². The monoisotopic (exact) mass is 440 g/mol. The van der Waals surface area contributed by atoms with Crippen LogP contribution in [0, 0.1) is 6.92 Å². The molecule has 5 nitrogen and oxygen atoms in total. The second kappa shape index (κ2) is 9.67. The van der Waals surface area contributed by atoms with Gasteiger partial charge in [0, 0.05) is 22.3 Å². The molecule has 0 unspecified atom stereocenters. The first-order chi connectivity index (χ1) is 14.6. The maximum atomic E-state index is 12.6. The summed E-state index contributed by atoms with van der Waals surface area (Å²) in [7, 11) is 0. The number of aryl methyl sites for hydroxylation is 1. The molecule has 1 saturated carbocycles. The number of rotatable bonds is 6. The minimum Gasteiger partial charge on any atom is -0.325 e. The van der Waals surface area contributed by atoms with Crippen LogP contribution in [0.15, 0.2) is 53.7 Å². The highest BCUT2D eigenvalue weighted by molar-refractivity contribution is 7.99. The summed E-state index contributed by atoms with van der Waals surface area (Å²) in [5.74, 6) is 1.59. The fourth-order valence-corrected chi connectivity index (χ4v) is 4.80. The first-order valence-electron chi connectivity index (χ1n) is 10.3. The highest BCUT2D eigenvalue weighted by Crippen LogP contribution is 2.35. The zero-order chi connectivity index (χ0) is 20.9. The average molecular weight is 441 g/mol. The van der Waals surface area contributed by atoms with Gasteiger partial charge in [-0.15, -0.1) is 10.2 Å². The van der Waals surface area contributed by atoms with E-state index >= 15 is 0 Å². The van der Waals surface area contributed by atoms with Crippen molar-refractivity contribution in [3.63, 3.8) is 0 Å². The molecule has 4 rings (SSSR count). The second-order valence-corrected chi connectivity index (χ2v) is 9.02. The van der Waals surface area contributed by atoms with Crippen molar-refractivity contribution in [1.82, 2.24) is 14.8 Å². The summed E-state index contributed by atoms with van der Waals surface area (Å²) in [6.07, 6.45) is 6.04. The molecule has 3 aromatic rings. The Morgan fingerprint density at radius 1 is 1.13 bits per heavy atom. The molecule has 1 aliphatic rings. The van der Waals surface area contributed by atoms with E-state index in [0.717, 1.165) is 40.8 Å². The zero-order valence-electron chi connectivity index (χ0n) is 17.0. The highest BCUT2D eigenvalue weighted by Gasteiger charge is 2.24. The number of halogens is 1. The van der Waals surface area contributed by atoms with E-state index in [-0.39, 0.29) is 11.7 Å². The fourth-order valence-electron chi connectivity index (χ4n) is 3.86. The maximum Gasteiger partial charge on any atom is 0.234 e. The third-order valence-electron chi connectivity index (χ3n) is 5.45. The smallest absolute Gasteiger partial charge is 0.234 e. The summed E-state index contributed by atoms with van der Waals surface area (Å²) in [4.78, 5) is 12.6. The zero-order valence-corrected chi connectivity index (χ0v) is 18.5. The van der Waals surface area contributed by atoms with Gasteiger partial charge in [-0.1, -0.05) is 66.9 Å². The van der Waals surface area contributed by atoms with Crippen molar-refractivity contribution in [3.8, 4) is 5.69 Å². The second-order valence-electron chi connectivity index (χ2n) is 7.64. The quantitative estimate of drug-likeness (QED) is 0.477. The molecule has 7 heteroatoms. The predicted molar refractivity (Wildman–Crippen MR) is 123 cm³/mol. The molecule has 1 heterocycles. The number of nitrogens with zero attached hydrogens (tertiary/aromatic N) is 3. The van der Waals surface area contributed by atoms with Gasteiger partial charge in [-0.2, -0.15) is 0 Å². The number of thioether (sulfide) groups is 1. The Labute approximate surface area is 186 Å². The molecule has 1 aliphatic carbocycles. The van der Waals surface area contributed by atoms with E-state index in [1.54, 1.807) is 6.07 Å². The Hall–Kier alpha value is -2.31. The number of carbonyl (C=O) groups excluding carboxylic acids is 1. The number of hydrogen-bond donors (Lipinski definition) is 1. The third-order valence-corrected chi connectivity index (χ3v) is 6.61. The first kappa shape index (κ1) is 20.9. The summed E-state index contributed by atoms with van der Waals surface area (Å²) in [6, 6.07) is 15.6. The van der Waals surface area contributed by atoms with E-state index in [1.807, 2.05) is 37.3 Å². The Kier molecular flexibility index (Phi) is 6.75. The predicted octanol–water partition coefficient (Wildman–Crippen LogP) is 6.01. The molecule has 0 atom stereocenters. The standard InChI is InChI=1S/C23H25ClN4OS/c1-16-12-13-18(24)14-20(16)25-21(29)15-30-23-27-26-22(17-8-4-2-5-9-17)28(23)19-10-6-3-7-11-19/h3,6-7,10-14,17H,2,4-5,8-9,15H2,1H3,(H,25,29). The lowest BCUT2D eigenvalue weighted by molar-refractivity contribution is -0.113. The Morgan fingerprint density at radius 2 is 1.90 bits per heavy atom. The molecule has 1 aromatic heterocycles. The minimum atomic E-state index is -0.0906. The summed E-state index contributed by atoms with van der Waals surface area (Å²) in [5, 5.41) is 13.3. The van der Waals surface area contributed by atoms with Crippen molar-refractivity contribution in [3.05, 3.63) is 64.9 Å². The lowest BCUT2D eigenvalue weighted by Gasteiger charge is -2.22. The number of benzene rings is 2. The van der Waals surface area contributed by atoms with Crippen LogP contribution in [0.5, 0.6) is 0 Å². The molecule has 0 aliphatic heterocycles. The maximum absolute atomic E-state index is 12.6. The van der Waals surface area contributed by atoms with E-state index in [0.29, 0.717) is 10.9 Å². The van der Waals surface area contributed by atoms with Gasteiger partial charge in [0.25, 0.3) is 0 Å². The number of para-hydroxylation sites is 1. The molecule has 1 fully saturated rings. The molecule has 0 radical (unpaired) electrons. The number of hydrogen-bond acceptors (Lipinski definition) is 4. The normalized spacial score (nSPS) is 14.6. The summed E-state index contributed by atoms with van der Waals surface area (Å²) in [6.45, 7) is 1.95. The largest absolute Gasteiger partial charge is 0.325 e. The first-order valence-corrected chi connectivity index (χ1v) is 11.7. The van der Waals surface area contributed by atoms with Crippen LogP contribution in [0.25, 0.3) is 5.69 Å². The van der Waals surface area contributed by atoms with Gasteiger partial charge in [0.05, 0.1) is 5.75 Å². The molecular weight excluding hydrogens is 416 g/mol. The third kappa shape index (κ3) is 4.87. The van der Waals surface area contributed by atoms with E-state index < -0.39 is 0 Å². The molecule has 0 saturated heterocycles. The minimum absolute atomic E-state index is 0.0906. The number of carbonyl (C=O) groups is 1. The van der Waals surface area contributed by atoms with E-state index in [9.17, 15) is 4.79 Å². The topological polar surface area (TPSA) is 59.8 Å². The molecule has 30 heavy (non-hydrogen) atoms. The van der Waals surface area contributed by atoms with Crippen molar-refractivity contribution in [1.29, 1.82) is 0 Å². The van der Waals surface area contributed by atoms with Crippen LogP contribution in [0.3, 0.4) is 0 Å². The van der Waals surface area contributed by atoms with Crippen molar-refractivity contribution in [2.24, 2.45) is 0 Å². The van der Waals surface area contributed by atoms with Crippen LogP contribution in [-0.4, -0.2) is 26.4 Å². The van der Waals surface area contributed by atoms with Crippen LogP contribution in [0.1, 0.15) is 49.4 Å². The van der Waals surface area contributed by atoms with Crippen molar-refractivity contribution >= 4 is 35.0 Å². The summed E-state index contributed by atoms with van der Waals surface area (Å²) in [5.41, 5.74) is 2.75. The number of anilines is 1. The van der Waals surface area contributed by atoms with Crippen LogP contribution in [-0.2, 0) is 4.79 Å². The number of amides is 1. The van der Waals surface area contributed by atoms with Gasteiger partial charge < -0.3 is 5.32 Å². The van der Waals surface area contributed by atoms with Crippen LogP contribution >= 0.6 is 23.4 Å². The van der Waals surface area contributed by atoms with E-state index in [4.69, 9.17) is 11.6 Å². The lowest BCUT2D eigenvalue weighted by Crippen LogP contribution is -2.16. The molecule has 0 bridgehead atoms. The number of aromatic nitrogens is 3. The van der Waals surface area contributed by atoms with Gasteiger partial charge >= 0.3 is 0 Å². The van der Waals surface area contributed by atoms with Gasteiger partial charge in [-0.25, -0.2) is 0 Å². The fraction of sp³-hybridized carbons (Fsp3) is 0.348. The molecule has 1 N–H and O–H groups in total. The van der Waals surface area contributed by atoms with Gasteiger partial charge in [0.1, 0.15) is 5.82 Å². The van der Waals surface area contributed by atoms with Gasteiger partial charge in [-0.3, -0.25) is 9.36 Å². The Balaban J connectivity index is 1.53. The summed E-state index contributed by atoms with van der Waals surface area (Å²) < 4.78 is 2.12. The average Bonchev–Trinajstić information content (AvgIpc) is 3.20. The van der Waals surface area contributed by atoms with Crippen LogP contribution in [0.2, 0.25) is 5.02 Å². The van der Waals surface area contributed by atoms with Gasteiger partial charge in [0.15, 0.2) is 5.16 Å². The van der Waals surface area contributed by atoms with Crippen molar-refractivity contribution in [2.45, 2.75) is 50.1 Å². The summed E-state index contributed by atoms with van der Waals surface area (Å²) >= 11 is 7.47. The highest BCUT2D eigenvalue weighted by atomic mass is 35.5. The molecular formula is C23H25ClN4OS. The van der Waals surface area contributed by atoms with Crippen molar-refractivity contribution in [2.75, 3.05) is 11.1 Å². The van der Waals surface area contributed by atoms with E-state index in [1.165, 1.54) is 31.0 Å². The molecule has 0 spiro atoms. The molecule has 1 amide bonds. The van der Waals surface area contributed by atoms with Crippen LogP contribution < -0.4 is 5.32 Å². The lowest BCUT2D eigenvalue weighted by atomic mass is 9.88. The Morgan fingerprint density at radius 3 is 2.67 bits per heavy atom. The molecule has 156 valence electrons. The molecule has 2 aromatic carbocycles.